The summed E-state index contributed by atoms with van der Waals surface area (Å²) in [6.07, 6.45) is 0.0164. The van der Waals surface area contributed by atoms with Gasteiger partial charge in [-0.2, -0.15) is 0 Å². The molecule has 1 aliphatic rings. The molecule has 0 radical (unpaired) electrons. The molecule has 8 heteroatoms. The Balaban J connectivity index is 2.01. The number of ether oxygens (including phenoxy) is 1. The van der Waals surface area contributed by atoms with Crippen molar-refractivity contribution < 1.29 is 17.9 Å². The average Bonchev–Trinajstić information content (AvgIpc) is 2.45. The highest BCUT2D eigenvalue weighted by Crippen LogP contribution is 2.17. The molecule has 1 aromatic rings. The molecule has 2 amide bonds. The van der Waals surface area contributed by atoms with E-state index in [-0.39, 0.29) is 29.2 Å². The van der Waals surface area contributed by atoms with Gasteiger partial charge in [-0.25, -0.2) is 18.4 Å². The third-order valence-corrected chi connectivity index (χ3v) is 4.68. The minimum absolute atomic E-state index is 0.00819. The molecule has 0 aliphatic carbocycles. The predicted octanol–water partition coefficient (Wildman–Crippen LogP) is 1.21. The Morgan fingerprint density at radius 3 is 2.26 bits per heavy atom. The summed E-state index contributed by atoms with van der Waals surface area (Å²) in [4.78, 5) is 14.1. The number of benzene rings is 1. The lowest BCUT2D eigenvalue weighted by Gasteiger charge is -2.35. The Labute approximate surface area is 136 Å². The fourth-order valence-electron chi connectivity index (χ4n) is 2.65. The maximum atomic E-state index is 12.3. The second-order valence-corrected chi connectivity index (χ2v) is 7.51. The first-order valence-electron chi connectivity index (χ1n) is 7.50. The second kappa shape index (κ2) is 6.86. The van der Waals surface area contributed by atoms with Crippen LogP contribution in [0.25, 0.3) is 0 Å². The molecule has 7 nitrogen and oxygen atoms in total. The number of rotatable bonds is 3. The number of nitrogens with zero attached hydrogens (tertiary/aromatic N) is 1. The van der Waals surface area contributed by atoms with Gasteiger partial charge in [0.15, 0.2) is 0 Å². The van der Waals surface area contributed by atoms with Crippen LogP contribution in [0.5, 0.6) is 0 Å². The van der Waals surface area contributed by atoms with E-state index in [2.05, 4.69) is 5.32 Å². The summed E-state index contributed by atoms with van der Waals surface area (Å²) in [5.74, 6) is 0. The van der Waals surface area contributed by atoms with Gasteiger partial charge in [0.1, 0.15) is 0 Å². The van der Waals surface area contributed by atoms with Gasteiger partial charge in [-0.3, -0.25) is 0 Å². The Morgan fingerprint density at radius 1 is 1.26 bits per heavy atom. The zero-order chi connectivity index (χ0) is 17.2. The monoisotopic (exact) mass is 341 g/mol. The molecular weight excluding hydrogens is 318 g/mol. The Bertz CT molecular complexity index is 650. The van der Waals surface area contributed by atoms with Crippen LogP contribution < -0.4 is 10.5 Å². The van der Waals surface area contributed by atoms with E-state index in [4.69, 9.17) is 9.88 Å². The first kappa shape index (κ1) is 17.7. The number of amides is 2. The van der Waals surface area contributed by atoms with Crippen LogP contribution >= 0.6 is 0 Å². The van der Waals surface area contributed by atoms with Gasteiger partial charge in [-0.05, 0) is 38.5 Å². The van der Waals surface area contributed by atoms with E-state index in [1.165, 1.54) is 12.1 Å². The third-order valence-electron chi connectivity index (χ3n) is 3.76. The van der Waals surface area contributed by atoms with Crippen molar-refractivity contribution in [2.24, 2.45) is 5.14 Å². The molecule has 1 aliphatic heterocycles. The fourth-order valence-corrected chi connectivity index (χ4v) is 3.17. The van der Waals surface area contributed by atoms with Crippen LogP contribution in [0.15, 0.2) is 29.2 Å². The number of urea groups is 1. The van der Waals surface area contributed by atoms with Gasteiger partial charge >= 0.3 is 6.03 Å². The zero-order valence-electron chi connectivity index (χ0n) is 13.5. The maximum absolute atomic E-state index is 12.3. The van der Waals surface area contributed by atoms with Gasteiger partial charge in [0.05, 0.1) is 23.1 Å². The van der Waals surface area contributed by atoms with Gasteiger partial charge in [-0.15, -0.1) is 0 Å². The van der Waals surface area contributed by atoms with E-state index in [0.29, 0.717) is 13.1 Å². The van der Waals surface area contributed by atoms with Crippen molar-refractivity contribution in [3.05, 3.63) is 29.8 Å². The summed E-state index contributed by atoms with van der Waals surface area (Å²) >= 11 is 0. The third kappa shape index (κ3) is 4.66. The minimum Gasteiger partial charge on any atom is -0.372 e. The van der Waals surface area contributed by atoms with E-state index < -0.39 is 10.0 Å². The van der Waals surface area contributed by atoms with Gasteiger partial charge < -0.3 is 15.0 Å². The molecule has 1 saturated heterocycles. The lowest BCUT2D eigenvalue weighted by molar-refractivity contribution is -0.0547. The number of carbonyl (C=O) groups excluding carboxylic acids is 1. The normalized spacial score (nSPS) is 23.4. The quantitative estimate of drug-likeness (QED) is 0.863. The van der Waals surface area contributed by atoms with Crippen LogP contribution in [0.1, 0.15) is 32.4 Å². The van der Waals surface area contributed by atoms with Crippen LogP contribution in [0.2, 0.25) is 0 Å². The molecule has 1 heterocycles. The first-order valence-corrected chi connectivity index (χ1v) is 9.05. The highest BCUT2D eigenvalue weighted by molar-refractivity contribution is 7.89. The molecule has 23 heavy (non-hydrogen) atoms. The summed E-state index contributed by atoms with van der Waals surface area (Å²) in [6.45, 7) is 6.81. The van der Waals surface area contributed by atoms with E-state index >= 15 is 0 Å². The average molecular weight is 341 g/mol. The number of nitrogens with two attached hydrogens (primary N) is 1. The van der Waals surface area contributed by atoms with Crippen molar-refractivity contribution in [2.75, 3.05) is 13.1 Å². The summed E-state index contributed by atoms with van der Waals surface area (Å²) < 4.78 is 28.1. The lowest BCUT2D eigenvalue weighted by atomic mass is 10.1. The zero-order valence-corrected chi connectivity index (χ0v) is 14.3. The molecule has 128 valence electrons. The van der Waals surface area contributed by atoms with Crippen molar-refractivity contribution in [2.45, 2.75) is 43.9 Å². The number of hydrogen-bond acceptors (Lipinski definition) is 4. The van der Waals surface area contributed by atoms with Crippen LogP contribution in [-0.2, 0) is 14.8 Å². The van der Waals surface area contributed by atoms with Crippen molar-refractivity contribution in [3.8, 4) is 0 Å². The summed E-state index contributed by atoms with van der Waals surface area (Å²) in [6, 6.07) is 5.77. The first-order chi connectivity index (χ1) is 10.7. The van der Waals surface area contributed by atoms with Gasteiger partial charge in [-0.1, -0.05) is 12.1 Å². The molecule has 0 unspecified atom stereocenters. The van der Waals surface area contributed by atoms with Gasteiger partial charge in [0, 0.05) is 13.1 Å². The Kier molecular flexibility index (Phi) is 5.28. The SMILES string of the molecule is C[C@@H]1CN(C(=O)N[C@@H](C)c2ccc(S(N)(=O)=O)cc2)C[C@@H](C)O1. The fraction of sp³-hybridized carbons (Fsp3) is 0.533. The standard InChI is InChI=1S/C15H23N3O4S/c1-10-8-18(9-11(2)22-10)15(19)17-12(3)13-4-6-14(7-5-13)23(16,20)21/h4-7,10-12H,8-9H2,1-3H3,(H,17,19)(H2,16,20,21)/t10-,11-,12+/m1/s1. The number of carbonyl (C=O) groups is 1. The molecule has 3 N–H and O–H groups in total. The summed E-state index contributed by atoms with van der Waals surface area (Å²) in [7, 11) is -3.71. The lowest BCUT2D eigenvalue weighted by Crippen LogP contribution is -2.52. The van der Waals surface area contributed by atoms with Crippen LogP contribution in [0.3, 0.4) is 0 Å². The van der Waals surface area contributed by atoms with Crippen LogP contribution in [0.4, 0.5) is 4.79 Å². The van der Waals surface area contributed by atoms with Crippen molar-refractivity contribution in [3.63, 3.8) is 0 Å². The van der Waals surface area contributed by atoms with E-state index in [0.717, 1.165) is 5.56 Å². The molecule has 0 spiro atoms. The summed E-state index contributed by atoms with van der Waals surface area (Å²) in [5.41, 5.74) is 0.806. The van der Waals surface area contributed by atoms with Gasteiger partial charge in [0.2, 0.25) is 10.0 Å². The number of hydrogen-bond donors (Lipinski definition) is 2. The molecule has 0 bridgehead atoms. The molecule has 0 aromatic heterocycles. The molecule has 1 fully saturated rings. The van der Waals surface area contributed by atoms with E-state index in [9.17, 15) is 13.2 Å². The second-order valence-electron chi connectivity index (χ2n) is 5.95. The molecule has 1 aromatic carbocycles. The van der Waals surface area contributed by atoms with Gasteiger partial charge in [0.25, 0.3) is 0 Å². The number of morpholine rings is 1. The number of sulfonamides is 1. The highest BCUT2D eigenvalue weighted by atomic mass is 32.2. The van der Waals surface area contributed by atoms with Crippen molar-refractivity contribution in [1.82, 2.24) is 10.2 Å². The smallest absolute Gasteiger partial charge is 0.318 e. The predicted molar refractivity (Wildman–Crippen MR) is 86.3 cm³/mol. The van der Waals surface area contributed by atoms with E-state index in [1.54, 1.807) is 17.0 Å². The Morgan fingerprint density at radius 2 is 1.78 bits per heavy atom. The maximum Gasteiger partial charge on any atom is 0.318 e. The molecule has 2 rings (SSSR count). The van der Waals surface area contributed by atoms with Crippen molar-refractivity contribution >= 4 is 16.1 Å². The van der Waals surface area contributed by atoms with Crippen molar-refractivity contribution in [1.29, 1.82) is 0 Å². The summed E-state index contributed by atoms with van der Waals surface area (Å²) in [5, 5.41) is 7.99. The Hall–Kier alpha value is -1.64. The molecule has 3 atom stereocenters. The topological polar surface area (TPSA) is 102 Å². The largest absolute Gasteiger partial charge is 0.372 e. The highest BCUT2D eigenvalue weighted by Gasteiger charge is 2.26. The number of primary sulfonamides is 1. The van der Waals surface area contributed by atoms with Crippen LogP contribution in [0, 0.1) is 0 Å². The van der Waals surface area contributed by atoms with E-state index in [1.807, 2.05) is 20.8 Å². The van der Waals surface area contributed by atoms with Crippen LogP contribution in [-0.4, -0.2) is 44.6 Å². The molecule has 0 saturated carbocycles. The number of nitrogens with one attached hydrogen (secondary N) is 1. The molecular formula is C15H23N3O4S. The minimum atomic E-state index is -3.71.